The van der Waals surface area contributed by atoms with Crippen LogP contribution in [0.3, 0.4) is 0 Å². The number of nitrogens with one attached hydrogen (secondary N) is 1. The van der Waals surface area contributed by atoms with Crippen molar-refractivity contribution in [2.75, 3.05) is 18.5 Å². The van der Waals surface area contributed by atoms with Gasteiger partial charge in [0.15, 0.2) is 0 Å². The van der Waals surface area contributed by atoms with Gasteiger partial charge in [-0.15, -0.1) is 11.3 Å². The number of esters is 1. The Labute approximate surface area is 192 Å². The van der Waals surface area contributed by atoms with Crippen molar-refractivity contribution in [3.8, 4) is 0 Å². The average molecular weight is 471 g/mol. The number of nitro benzene ring substituents is 1. The normalized spacial score (nSPS) is 16.9. The van der Waals surface area contributed by atoms with Crippen LogP contribution >= 0.6 is 11.3 Å². The van der Waals surface area contributed by atoms with Gasteiger partial charge in [-0.05, 0) is 43.7 Å². The summed E-state index contributed by atoms with van der Waals surface area (Å²) in [6, 6.07) is 3.37. The van der Waals surface area contributed by atoms with E-state index in [4.69, 9.17) is 4.74 Å². The third-order valence-electron chi connectivity index (χ3n) is 5.71. The fourth-order valence-electron chi connectivity index (χ4n) is 4.10. The van der Waals surface area contributed by atoms with Crippen molar-refractivity contribution in [3.05, 3.63) is 55.4 Å². The third-order valence-corrected chi connectivity index (χ3v) is 6.88. The van der Waals surface area contributed by atoms with Gasteiger partial charge < -0.3 is 10.1 Å². The molecule has 0 fully saturated rings. The summed E-state index contributed by atoms with van der Waals surface area (Å²) in [6.07, 6.45) is 2.42. The number of hydrogen-bond acceptors (Lipinski definition) is 8. The molecule has 1 aromatic heterocycles. The van der Waals surface area contributed by atoms with Crippen LogP contribution in [0.4, 0.5) is 10.7 Å². The van der Waals surface area contributed by atoms with E-state index in [1.165, 1.54) is 17.4 Å². The molecule has 0 spiro atoms. The van der Waals surface area contributed by atoms with Gasteiger partial charge in [-0.3, -0.25) is 29.4 Å². The van der Waals surface area contributed by atoms with Gasteiger partial charge in [-0.25, -0.2) is 4.79 Å². The van der Waals surface area contributed by atoms with Crippen molar-refractivity contribution < 1.29 is 28.8 Å². The number of ether oxygens (including phenoxy) is 1. The highest BCUT2D eigenvalue weighted by atomic mass is 32.1. The Morgan fingerprint density at radius 2 is 2.00 bits per heavy atom. The summed E-state index contributed by atoms with van der Waals surface area (Å²) in [5.41, 5.74) is 0.773. The average Bonchev–Trinajstić information content (AvgIpc) is 3.23. The number of carbonyl (C=O) groups excluding carboxylic acids is 4. The summed E-state index contributed by atoms with van der Waals surface area (Å²) in [7, 11) is 0. The monoisotopic (exact) mass is 471 g/mol. The van der Waals surface area contributed by atoms with Gasteiger partial charge in [-0.1, -0.05) is 6.92 Å². The number of non-ortho nitro benzene ring substituents is 1. The van der Waals surface area contributed by atoms with Crippen LogP contribution in [0.5, 0.6) is 0 Å². The Bertz CT molecular complexity index is 1200. The number of thiophene rings is 1. The molecule has 2 heterocycles. The summed E-state index contributed by atoms with van der Waals surface area (Å²) < 4.78 is 5.18. The zero-order valence-corrected chi connectivity index (χ0v) is 18.8. The SMILES string of the molecule is CCOC(=O)c1c(NC(=O)CN2C(=O)c3ccc([N+](=O)[O-])cc3C2=O)sc2c1CCC(C)C2. The van der Waals surface area contributed by atoms with E-state index < -0.39 is 35.2 Å². The molecule has 1 aliphatic heterocycles. The molecule has 1 aromatic carbocycles. The van der Waals surface area contributed by atoms with E-state index >= 15 is 0 Å². The number of fused-ring (bicyclic) bond motifs is 2. The summed E-state index contributed by atoms with van der Waals surface area (Å²) >= 11 is 1.30. The molecule has 4 rings (SSSR count). The molecule has 11 heteroatoms. The van der Waals surface area contributed by atoms with Gasteiger partial charge in [0, 0.05) is 17.0 Å². The summed E-state index contributed by atoms with van der Waals surface area (Å²) in [5.74, 6) is -2.20. The van der Waals surface area contributed by atoms with E-state index in [-0.39, 0.29) is 23.4 Å². The first kappa shape index (κ1) is 22.6. The number of nitrogens with zero attached hydrogens (tertiary/aromatic N) is 2. The van der Waals surface area contributed by atoms with Crippen molar-refractivity contribution in [3.63, 3.8) is 0 Å². The molecule has 1 unspecified atom stereocenters. The number of imide groups is 1. The van der Waals surface area contributed by atoms with Crippen LogP contribution in [-0.4, -0.2) is 46.7 Å². The van der Waals surface area contributed by atoms with E-state index in [2.05, 4.69) is 12.2 Å². The second-order valence-electron chi connectivity index (χ2n) is 8.01. The predicted octanol–water partition coefficient (Wildman–Crippen LogP) is 3.19. The molecule has 0 saturated carbocycles. The Morgan fingerprint density at radius 1 is 1.27 bits per heavy atom. The van der Waals surface area contributed by atoms with Crippen LogP contribution in [0, 0.1) is 16.0 Å². The first-order valence-electron chi connectivity index (χ1n) is 10.5. The smallest absolute Gasteiger partial charge is 0.341 e. The third kappa shape index (κ3) is 4.11. The minimum Gasteiger partial charge on any atom is -0.462 e. The number of carbonyl (C=O) groups is 4. The molecular weight excluding hydrogens is 450 g/mol. The van der Waals surface area contributed by atoms with Gasteiger partial charge in [0.2, 0.25) is 5.91 Å². The summed E-state index contributed by atoms with van der Waals surface area (Å²) in [6.45, 7) is 3.43. The van der Waals surface area contributed by atoms with E-state index in [9.17, 15) is 29.3 Å². The Kier molecular flexibility index (Phi) is 5.98. The minimum atomic E-state index is -0.779. The molecule has 2 aliphatic rings. The van der Waals surface area contributed by atoms with Crippen molar-refractivity contribution >= 4 is 45.7 Å². The fraction of sp³-hybridized carbons (Fsp3) is 0.364. The zero-order valence-electron chi connectivity index (χ0n) is 18.0. The number of benzene rings is 1. The predicted molar refractivity (Wildman–Crippen MR) is 119 cm³/mol. The molecule has 2 aromatic rings. The molecule has 0 bridgehead atoms. The lowest BCUT2D eigenvalue weighted by Crippen LogP contribution is -2.37. The molecule has 10 nitrogen and oxygen atoms in total. The maximum absolute atomic E-state index is 12.8. The lowest BCUT2D eigenvalue weighted by molar-refractivity contribution is -0.384. The first-order chi connectivity index (χ1) is 15.7. The van der Waals surface area contributed by atoms with E-state index in [0.29, 0.717) is 22.9 Å². The number of anilines is 1. The van der Waals surface area contributed by atoms with Crippen LogP contribution in [0.15, 0.2) is 18.2 Å². The highest BCUT2D eigenvalue weighted by Gasteiger charge is 2.38. The molecule has 172 valence electrons. The molecule has 3 amide bonds. The lowest BCUT2D eigenvalue weighted by Gasteiger charge is -2.18. The minimum absolute atomic E-state index is 0.00573. The van der Waals surface area contributed by atoms with E-state index in [1.54, 1.807) is 6.92 Å². The van der Waals surface area contributed by atoms with Crippen LogP contribution in [-0.2, 0) is 22.4 Å². The Balaban J connectivity index is 1.56. The number of nitro groups is 1. The fourth-order valence-corrected chi connectivity index (χ4v) is 5.52. The molecular formula is C22H21N3O7S. The van der Waals surface area contributed by atoms with Crippen LogP contribution < -0.4 is 5.32 Å². The molecule has 1 aliphatic carbocycles. The maximum atomic E-state index is 12.8. The van der Waals surface area contributed by atoms with Crippen molar-refractivity contribution in [1.29, 1.82) is 0 Å². The van der Waals surface area contributed by atoms with Crippen LogP contribution in [0.25, 0.3) is 0 Å². The molecule has 0 saturated heterocycles. The van der Waals surface area contributed by atoms with Gasteiger partial charge in [0.05, 0.1) is 28.2 Å². The van der Waals surface area contributed by atoms with Gasteiger partial charge in [-0.2, -0.15) is 0 Å². The Morgan fingerprint density at radius 3 is 2.70 bits per heavy atom. The highest BCUT2D eigenvalue weighted by molar-refractivity contribution is 7.17. The number of rotatable bonds is 6. The zero-order chi connectivity index (χ0) is 23.9. The topological polar surface area (TPSA) is 136 Å². The summed E-state index contributed by atoms with van der Waals surface area (Å²) in [5, 5.41) is 14.0. The largest absolute Gasteiger partial charge is 0.462 e. The van der Waals surface area contributed by atoms with Crippen molar-refractivity contribution in [1.82, 2.24) is 4.90 Å². The number of hydrogen-bond donors (Lipinski definition) is 1. The maximum Gasteiger partial charge on any atom is 0.341 e. The van der Waals surface area contributed by atoms with E-state index in [1.807, 2.05) is 0 Å². The second-order valence-corrected chi connectivity index (χ2v) is 9.11. The van der Waals surface area contributed by atoms with Gasteiger partial charge >= 0.3 is 5.97 Å². The lowest BCUT2D eigenvalue weighted by atomic mass is 9.88. The first-order valence-corrected chi connectivity index (χ1v) is 11.3. The van der Waals surface area contributed by atoms with Crippen molar-refractivity contribution in [2.45, 2.75) is 33.1 Å². The standard InChI is InChI=1S/C22H21N3O7S/c1-3-32-22(29)18-14-6-4-11(2)8-16(14)33-19(18)23-17(26)10-24-20(27)13-7-5-12(25(30)31)9-15(13)21(24)28/h5,7,9,11H,3-4,6,8,10H2,1-2H3,(H,23,26). The molecule has 33 heavy (non-hydrogen) atoms. The molecule has 1 N–H and O–H groups in total. The van der Waals surface area contributed by atoms with Crippen LogP contribution in [0.1, 0.15) is 61.8 Å². The van der Waals surface area contributed by atoms with Crippen LogP contribution in [0.2, 0.25) is 0 Å². The Hall–Kier alpha value is -3.60. The summed E-state index contributed by atoms with van der Waals surface area (Å²) in [4.78, 5) is 62.7. The quantitative estimate of drug-likeness (QED) is 0.296. The molecule has 0 radical (unpaired) electrons. The second kappa shape index (κ2) is 8.74. The number of amides is 3. The highest BCUT2D eigenvalue weighted by Crippen LogP contribution is 2.40. The molecule has 1 atom stereocenters. The van der Waals surface area contributed by atoms with Gasteiger partial charge in [0.1, 0.15) is 11.5 Å². The van der Waals surface area contributed by atoms with Crippen molar-refractivity contribution in [2.24, 2.45) is 5.92 Å². The van der Waals surface area contributed by atoms with Gasteiger partial charge in [0.25, 0.3) is 17.5 Å². The van der Waals surface area contributed by atoms with E-state index in [0.717, 1.165) is 40.3 Å².